The minimum atomic E-state index is -0.135. The van der Waals surface area contributed by atoms with Crippen molar-refractivity contribution in [3.63, 3.8) is 0 Å². The summed E-state index contributed by atoms with van der Waals surface area (Å²) in [6.07, 6.45) is 18.2. The lowest BCUT2D eigenvalue weighted by Gasteiger charge is -2.26. The van der Waals surface area contributed by atoms with Crippen molar-refractivity contribution in [2.75, 3.05) is 13.2 Å². The normalized spacial score (nSPS) is 19.4. The van der Waals surface area contributed by atoms with E-state index >= 15 is 0 Å². The Hall–Kier alpha value is -1.06. The molecule has 0 spiro atoms. The number of rotatable bonds is 16. The molecule has 164 valence electrons. The van der Waals surface area contributed by atoms with E-state index in [2.05, 4.69) is 6.92 Å². The predicted molar refractivity (Wildman–Crippen MR) is 114 cm³/mol. The maximum absolute atomic E-state index is 12.3. The van der Waals surface area contributed by atoms with E-state index in [1.807, 2.05) is 6.92 Å². The molecule has 28 heavy (non-hydrogen) atoms. The zero-order chi connectivity index (χ0) is 20.5. The van der Waals surface area contributed by atoms with Crippen LogP contribution in [0.25, 0.3) is 0 Å². The van der Waals surface area contributed by atoms with Crippen LogP contribution in [-0.4, -0.2) is 25.2 Å². The van der Waals surface area contributed by atoms with Crippen LogP contribution in [0.2, 0.25) is 0 Å². The summed E-state index contributed by atoms with van der Waals surface area (Å²) < 4.78 is 10.7. The Labute approximate surface area is 173 Å². The molecule has 2 unspecified atom stereocenters. The zero-order valence-electron chi connectivity index (χ0n) is 18.5. The summed E-state index contributed by atoms with van der Waals surface area (Å²) >= 11 is 0. The molecule has 4 heteroatoms. The molecule has 0 aromatic rings. The van der Waals surface area contributed by atoms with Gasteiger partial charge in [-0.3, -0.25) is 9.59 Å². The van der Waals surface area contributed by atoms with Gasteiger partial charge in [-0.15, -0.1) is 0 Å². The maximum Gasteiger partial charge on any atom is 0.308 e. The highest BCUT2D eigenvalue weighted by Gasteiger charge is 2.32. The quantitative estimate of drug-likeness (QED) is 0.218. The molecule has 1 saturated carbocycles. The average molecular weight is 397 g/mol. The topological polar surface area (TPSA) is 52.6 Å². The number of hydrogen-bond donors (Lipinski definition) is 0. The Bertz CT molecular complexity index is 407. The molecule has 0 bridgehead atoms. The van der Waals surface area contributed by atoms with Crippen molar-refractivity contribution in [2.45, 2.75) is 117 Å². The minimum Gasteiger partial charge on any atom is -0.465 e. The van der Waals surface area contributed by atoms with Gasteiger partial charge in [-0.2, -0.15) is 0 Å². The molecule has 0 amide bonds. The molecule has 0 aromatic carbocycles. The van der Waals surface area contributed by atoms with Crippen LogP contribution in [-0.2, 0) is 19.1 Å². The molecule has 0 saturated heterocycles. The van der Waals surface area contributed by atoms with Gasteiger partial charge in [-0.05, 0) is 32.1 Å². The summed E-state index contributed by atoms with van der Waals surface area (Å²) in [5.74, 6) is -0.495. The number of carbonyl (C=O) groups excluding carboxylic acids is 2. The second kappa shape index (κ2) is 16.9. The Morgan fingerprint density at radius 1 is 0.643 bits per heavy atom. The Morgan fingerprint density at radius 3 is 1.61 bits per heavy atom. The molecule has 2 atom stereocenters. The number of esters is 2. The van der Waals surface area contributed by atoms with E-state index in [0.717, 1.165) is 38.5 Å². The summed E-state index contributed by atoms with van der Waals surface area (Å²) in [5, 5.41) is 0. The smallest absolute Gasteiger partial charge is 0.308 e. The van der Waals surface area contributed by atoms with E-state index in [9.17, 15) is 9.59 Å². The standard InChI is InChI=1S/C24H44O4/c1-3-5-6-7-8-9-10-11-12-13-14-19-28-24(26)22-17-15-16-21(20-22)23(25)27-18-4-2/h21-22H,3-20H2,1-2H3. The van der Waals surface area contributed by atoms with Crippen molar-refractivity contribution in [1.29, 1.82) is 0 Å². The van der Waals surface area contributed by atoms with Gasteiger partial charge in [0.05, 0.1) is 25.0 Å². The molecule has 0 heterocycles. The van der Waals surface area contributed by atoms with Crippen molar-refractivity contribution < 1.29 is 19.1 Å². The van der Waals surface area contributed by atoms with Crippen molar-refractivity contribution in [3.8, 4) is 0 Å². The highest BCUT2D eigenvalue weighted by molar-refractivity contribution is 5.76. The molecule has 4 nitrogen and oxygen atoms in total. The van der Waals surface area contributed by atoms with Crippen LogP contribution in [0.4, 0.5) is 0 Å². The molecule has 0 aliphatic heterocycles. The molecule has 0 aromatic heterocycles. The fourth-order valence-electron chi connectivity index (χ4n) is 4.00. The average Bonchev–Trinajstić information content (AvgIpc) is 2.72. The van der Waals surface area contributed by atoms with Crippen LogP contribution in [0.5, 0.6) is 0 Å². The molecule has 1 aliphatic rings. The first-order valence-corrected chi connectivity index (χ1v) is 12.0. The summed E-state index contributed by atoms with van der Waals surface area (Å²) in [5.41, 5.74) is 0. The Balaban J connectivity index is 2.00. The van der Waals surface area contributed by atoms with E-state index in [-0.39, 0.29) is 23.8 Å². The minimum absolute atomic E-state index is 0.111. The summed E-state index contributed by atoms with van der Waals surface area (Å²) in [4.78, 5) is 24.3. The van der Waals surface area contributed by atoms with E-state index < -0.39 is 0 Å². The molecule has 1 fully saturated rings. The van der Waals surface area contributed by atoms with Gasteiger partial charge in [0.1, 0.15) is 0 Å². The largest absolute Gasteiger partial charge is 0.465 e. The number of unbranched alkanes of at least 4 members (excludes halogenated alkanes) is 10. The number of carbonyl (C=O) groups is 2. The first-order chi connectivity index (χ1) is 13.7. The van der Waals surface area contributed by atoms with Crippen LogP contribution in [0, 0.1) is 11.8 Å². The second-order valence-electron chi connectivity index (χ2n) is 8.43. The molecule has 0 radical (unpaired) electrons. The van der Waals surface area contributed by atoms with Gasteiger partial charge in [0.15, 0.2) is 0 Å². The van der Waals surface area contributed by atoms with Crippen molar-refractivity contribution in [1.82, 2.24) is 0 Å². The van der Waals surface area contributed by atoms with Crippen LogP contribution in [0.3, 0.4) is 0 Å². The molecule has 1 rings (SSSR count). The Morgan fingerprint density at radius 2 is 1.11 bits per heavy atom. The molecular weight excluding hydrogens is 352 g/mol. The van der Waals surface area contributed by atoms with Crippen LogP contribution in [0.15, 0.2) is 0 Å². The Kier molecular flexibility index (Phi) is 15.0. The van der Waals surface area contributed by atoms with Gasteiger partial charge in [0.25, 0.3) is 0 Å². The predicted octanol–water partition coefficient (Wildman–Crippen LogP) is 6.60. The van der Waals surface area contributed by atoms with Crippen LogP contribution in [0.1, 0.15) is 117 Å². The second-order valence-corrected chi connectivity index (χ2v) is 8.43. The van der Waals surface area contributed by atoms with Gasteiger partial charge in [-0.1, -0.05) is 84.5 Å². The molecule has 0 N–H and O–H groups in total. The van der Waals surface area contributed by atoms with E-state index in [4.69, 9.17) is 9.47 Å². The fourth-order valence-corrected chi connectivity index (χ4v) is 4.00. The highest BCUT2D eigenvalue weighted by Crippen LogP contribution is 2.31. The van der Waals surface area contributed by atoms with E-state index in [1.54, 1.807) is 0 Å². The van der Waals surface area contributed by atoms with E-state index in [0.29, 0.717) is 19.6 Å². The monoisotopic (exact) mass is 396 g/mol. The molecular formula is C24H44O4. The van der Waals surface area contributed by atoms with Gasteiger partial charge >= 0.3 is 11.9 Å². The lowest BCUT2D eigenvalue weighted by molar-refractivity contribution is -0.155. The van der Waals surface area contributed by atoms with Crippen molar-refractivity contribution in [3.05, 3.63) is 0 Å². The van der Waals surface area contributed by atoms with Gasteiger partial charge in [0, 0.05) is 0 Å². The number of hydrogen-bond acceptors (Lipinski definition) is 4. The third-order valence-electron chi connectivity index (χ3n) is 5.78. The highest BCUT2D eigenvalue weighted by atomic mass is 16.5. The fraction of sp³-hybridized carbons (Fsp3) is 0.917. The maximum atomic E-state index is 12.3. The van der Waals surface area contributed by atoms with Crippen LogP contribution < -0.4 is 0 Å². The van der Waals surface area contributed by atoms with Crippen LogP contribution >= 0.6 is 0 Å². The third-order valence-corrected chi connectivity index (χ3v) is 5.78. The first kappa shape index (κ1) is 25.0. The van der Waals surface area contributed by atoms with Crippen molar-refractivity contribution >= 4 is 11.9 Å². The molecule has 1 aliphatic carbocycles. The van der Waals surface area contributed by atoms with Gasteiger partial charge in [-0.25, -0.2) is 0 Å². The first-order valence-electron chi connectivity index (χ1n) is 12.0. The summed E-state index contributed by atoms with van der Waals surface area (Å²) in [6, 6.07) is 0. The van der Waals surface area contributed by atoms with Crippen molar-refractivity contribution in [2.24, 2.45) is 11.8 Å². The van der Waals surface area contributed by atoms with Gasteiger partial charge in [0.2, 0.25) is 0 Å². The summed E-state index contributed by atoms with van der Waals surface area (Å²) in [6.45, 7) is 5.25. The van der Waals surface area contributed by atoms with Gasteiger partial charge < -0.3 is 9.47 Å². The SMILES string of the molecule is CCCCCCCCCCCCCOC(=O)C1CCCC(C(=O)OCCC)C1. The summed E-state index contributed by atoms with van der Waals surface area (Å²) in [7, 11) is 0. The zero-order valence-corrected chi connectivity index (χ0v) is 18.5. The third kappa shape index (κ3) is 11.7. The lowest BCUT2D eigenvalue weighted by atomic mass is 9.81. The number of ether oxygens (including phenoxy) is 2. The van der Waals surface area contributed by atoms with E-state index in [1.165, 1.54) is 57.8 Å². The lowest BCUT2D eigenvalue weighted by Crippen LogP contribution is -2.30.